The SMILES string of the molecule is C/C(=C/N(C)C)c1[nH]cc(C)c1C(C)C. The number of allylic oxidation sites excluding steroid dienone is 1. The Balaban J connectivity index is 3.15. The van der Waals surface area contributed by atoms with Gasteiger partial charge in [0.25, 0.3) is 0 Å². The van der Waals surface area contributed by atoms with E-state index in [2.05, 4.69) is 50.0 Å². The third-order valence-electron chi connectivity index (χ3n) is 2.55. The van der Waals surface area contributed by atoms with Gasteiger partial charge in [0, 0.05) is 32.2 Å². The van der Waals surface area contributed by atoms with Crippen LogP contribution in [0.3, 0.4) is 0 Å². The lowest BCUT2D eigenvalue weighted by atomic mass is 9.97. The van der Waals surface area contributed by atoms with Crippen LogP contribution in [0.25, 0.3) is 5.57 Å². The van der Waals surface area contributed by atoms with Gasteiger partial charge < -0.3 is 9.88 Å². The van der Waals surface area contributed by atoms with E-state index in [1.165, 1.54) is 22.4 Å². The van der Waals surface area contributed by atoms with Crippen molar-refractivity contribution in [3.8, 4) is 0 Å². The fraction of sp³-hybridized carbons (Fsp3) is 0.538. The molecule has 0 bridgehead atoms. The predicted octanol–water partition coefficient (Wildman–Crippen LogP) is 3.37. The maximum Gasteiger partial charge on any atom is 0.0462 e. The molecule has 0 amide bonds. The highest BCUT2D eigenvalue weighted by Gasteiger charge is 2.12. The summed E-state index contributed by atoms with van der Waals surface area (Å²) in [6, 6.07) is 0. The Kier molecular flexibility index (Phi) is 3.61. The van der Waals surface area contributed by atoms with Crippen molar-refractivity contribution >= 4 is 5.57 Å². The molecule has 1 aromatic rings. The van der Waals surface area contributed by atoms with Crippen LogP contribution in [0.2, 0.25) is 0 Å². The second-order valence-corrected chi connectivity index (χ2v) is 4.69. The first kappa shape index (κ1) is 11.9. The summed E-state index contributed by atoms with van der Waals surface area (Å²) in [5, 5.41) is 0. The highest BCUT2D eigenvalue weighted by molar-refractivity contribution is 5.65. The fourth-order valence-electron chi connectivity index (χ4n) is 2.06. The number of hydrogen-bond donors (Lipinski definition) is 1. The third kappa shape index (κ3) is 2.65. The van der Waals surface area contributed by atoms with Gasteiger partial charge in [0.1, 0.15) is 0 Å². The summed E-state index contributed by atoms with van der Waals surface area (Å²) < 4.78 is 0. The number of hydrogen-bond acceptors (Lipinski definition) is 1. The molecule has 0 saturated heterocycles. The van der Waals surface area contributed by atoms with E-state index >= 15 is 0 Å². The van der Waals surface area contributed by atoms with Gasteiger partial charge in [0.05, 0.1) is 0 Å². The van der Waals surface area contributed by atoms with Gasteiger partial charge in [-0.05, 0) is 36.5 Å². The highest BCUT2D eigenvalue weighted by atomic mass is 15.0. The van der Waals surface area contributed by atoms with Crippen molar-refractivity contribution < 1.29 is 0 Å². The Morgan fingerprint density at radius 3 is 2.47 bits per heavy atom. The van der Waals surface area contributed by atoms with E-state index in [1.54, 1.807) is 0 Å². The molecule has 0 atom stereocenters. The van der Waals surface area contributed by atoms with Crippen LogP contribution in [-0.4, -0.2) is 24.0 Å². The number of aromatic amines is 1. The summed E-state index contributed by atoms with van der Waals surface area (Å²) in [5.74, 6) is 0.566. The molecule has 0 spiro atoms. The topological polar surface area (TPSA) is 19.0 Å². The molecule has 0 fully saturated rings. The first-order valence-electron chi connectivity index (χ1n) is 5.46. The summed E-state index contributed by atoms with van der Waals surface area (Å²) in [4.78, 5) is 5.44. The van der Waals surface area contributed by atoms with Crippen LogP contribution in [-0.2, 0) is 0 Å². The number of H-pyrrole nitrogens is 1. The molecule has 0 aromatic carbocycles. The maximum atomic E-state index is 3.37. The molecular weight excluding hydrogens is 184 g/mol. The zero-order chi connectivity index (χ0) is 11.6. The Hall–Kier alpha value is -1.18. The van der Waals surface area contributed by atoms with E-state index < -0.39 is 0 Å². The van der Waals surface area contributed by atoms with Crippen LogP contribution in [0.15, 0.2) is 12.4 Å². The molecule has 1 N–H and O–H groups in total. The van der Waals surface area contributed by atoms with Crippen molar-refractivity contribution in [3.05, 3.63) is 29.2 Å². The molecular formula is C13H22N2. The zero-order valence-electron chi connectivity index (χ0n) is 10.7. The van der Waals surface area contributed by atoms with Crippen LogP contribution in [0.5, 0.6) is 0 Å². The first-order chi connectivity index (χ1) is 6.93. The van der Waals surface area contributed by atoms with Gasteiger partial charge in [-0.15, -0.1) is 0 Å². The lowest BCUT2D eigenvalue weighted by molar-refractivity contribution is 0.565. The minimum absolute atomic E-state index is 0.566. The molecule has 0 aliphatic heterocycles. The van der Waals surface area contributed by atoms with E-state index in [0.29, 0.717) is 5.92 Å². The average molecular weight is 206 g/mol. The van der Waals surface area contributed by atoms with E-state index in [0.717, 1.165) is 0 Å². The largest absolute Gasteiger partial charge is 0.383 e. The molecule has 1 rings (SSSR count). The molecule has 15 heavy (non-hydrogen) atoms. The number of nitrogens with zero attached hydrogens (tertiary/aromatic N) is 1. The van der Waals surface area contributed by atoms with Crippen LogP contribution < -0.4 is 0 Å². The fourth-order valence-corrected chi connectivity index (χ4v) is 2.06. The monoisotopic (exact) mass is 206 g/mol. The Bertz CT molecular complexity index is 357. The summed E-state index contributed by atoms with van der Waals surface area (Å²) in [6.07, 6.45) is 4.24. The quantitative estimate of drug-likeness (QED) is 0.803. The van der Waals surface area contributed by atoms with Crippen molar-refractivity contribution in [1.82, 2.24) is 9.88 Å². The minimum atomic E-state index is 0.566. The highest BCUT2D eigenvalue weighted by Crippen LogP contribution is 2.27. The predicted molar refractivity (Wildman–Crippen MR) is 67.0 cm³/mol. The van der Waals surface area contributed by atoms with E-state index in [4.69, 9.17) is 0 Å². The normalized spacial score (nSPS) is 12.3. The average Bonchev–Trinajstić information content (AvgIpc) is 2.45. The molecule has 1 aromatic heterocycles. The third-order valence-corrected chi connectivity index (χ3v) is 2.55. The summed E-state index contributed by atoms with van der Waals surface area (Å²) in [6.45, 7) is 8.79. The molecule has 84 valence electrons. The van der Waals surface area contributed by atoms with Crippen molar-refractivity contribution in [2.75, 3.05) is 14.1 Å². The smallest absolute Gasteiger partial charge is 0.0462 e. The van der Waals surface area contributed by atoms with Crippen molar-refractivity contribution in [3.63, 3.8) is 0 Å². The van der Waals surface area contributed by atoms with Crippen molar-refractivity contribution in [2.45, 2.75) is 33.6 Å². The zero-order valence-corrected chi connectivity index (χ0v) is 10.7. The van der Waals surface area contributed by atoms with Gasteiger partial charge >= 0.3 is 0 Å². The molecule has 2 nitrogen and oxygen atoms in total. The molecule has 1 heterocycles. The Labute approximate surface area is 93.0 Å². The molecule has 0 radical (unpaired) electrons. The van der Waals surface area contributed by atoms with Crippen LogP contribution >= 0.6 is 0 Å². The van der Waals surface area contributed by atoms with Crippen molar-refractivity contribution in [2.24, 2.45) is 0 Å². The van der Waals surface area contributed by atoms with Gasteiger partial charge in [-0.25, -0.2) is 0 Å². The summed E-state index contributed by atoms with van der Waals surface area (Å²) in [5.41, 5.74) is 5.35. The molecule has 0 aliphatic carbocycles. The lowest BCUT2D eigenvalue weighted by Gasteiger charge is -2.12. The van der Waals surface area contributed by atoms with E-state index in [9.17, 15) is 0 Å². The second kappa shape index (κ2) is 4.56. The number of rotatable bonds is 3. The summed E-state index contributed by atoms with van der Waals surface area (Å²) in [7, 11) is 4.10. The first-order valence-corrected chi connectivity index (χ1v) is 5.46. The van der Waals surface area contributed by atoms with Crippen LogP contribution in [0.1, 0.15) is 43.5 Å². The molecule has 2 heteroatoms. The number of nitrogens with one attached hydrogen (secondary N) is 1. The molecule has 0 unspecified atom stereocenters. The van der Waals surface area contributed by atoms with Crippen molar-refractivity contribution in [1.29, 1.82) is 0 Å². The minimum Gasteiger partial charge on any atom is -0.383 e. The van der Waals surface area contributed by atoms with Gasteiger partial charge in [0.2, 0.25) is 0 Å². The Morgan fingerprint density at radius 2 is 2.00 bits per heavy atom. The van der Waals surface area contributed by atoms with E-state index in [-0.39, 0.29) is 0 Å². The standard InChI is InChI=1S/C13H22N2/c1-9(2)12-10(3)7-14-13(12)11(4)8-15(5)6/h7-9,14H,1-6H3/b11-8-. The molecule has 0 aliphatic rings. The van der Waals surface area contributed by atoms with Gasteiger partial charge in [0.15, 0.2) is 0 Å². The van der Waals surface area contributed by atoms with Crippen LogP contribution in [0, 0.1) is 6.92 Å². The molecule has 0 saturated carbocycles. The van der Waals surface area contributed by atoms with E-state index in [1.807, 2.05) is 14.1 Å². The van der Waals surface area contributed by atoms with Gasteiger partial charge in [-0.2, -0.15) is 0 Å². The summed E-state index contributed by atoms with van der Waals surface area (Å²) >= 11 is 0. The van der Waals surface area contributed by atoms with Crippen LogP contribution in [0.4, 0.5) is 0 Å². The number of aryl methyl sites for hydroxylation is 1. The number of aromatic nitrogens is 1. The second-order valence-electron chi connectivity index (χ2n) is 4.69. The lowest BCUT2D eigenvalue weighted by Crippen LogP contribution is -2.03. The Morgan fingerprint density at radius 1 is 1.40 bits per heavy atom. The van der Waals surface area contributed by atoms with Gasteiger partial charge in [-0.3, -0.25) is 0 Å². The maximum absolute atomic E-state index is 3.37. The van der Waals surface area contributed by atoms with Gasteiger partial charge in [-0.1, -0.05) is 13.8 Å².